The molecule has 152 valence electrons. The Morgan fingerprint density at radius 3 is 2.38 bits per heavy atom. The lowest BCUT2D eigenvalue weighted by Gasteiger charge is -2.30. The van der Waals surface area contributed by atoms with E-state index in [1.165, 1.54) is 6.42 Å². The second-order valence-corrected chi connectivity index (χ2v) is 7.95. The quantitative estimate of drug-likeness (QED) is 0.799. The van der Waals surface area contributed by atoms with Crippen LogP contribution in [0.1, 0.15) is 41.1 Å². The van der Waals surface area contributed by atoms with Crippen molar-refractivity contribution < 1.29 is 14.3 Å². The Kier molecular flexibility index (Phi) is 5.84. The van der Waals surface area contributed by atoms with Gasteiger partial charge in [-0.1, -0.05) is 36.4 Å². The van der Waals surface area contributed by atoms with Crippen LogP contribution in [0, 0.1) is 5.92 Å². The van der Waals surface area contributed by atoms with Crippen LogP contribution in [-0.4, -0.2) is 54.9 Å². The number of methoxy groups -OCH3 is 1. The molecule has 2 fully saturated rings. The first-order valence-corrected chi connectivity index (χ1v) is 10.4. The van der Waals surface area contributed by atoms with E-state index < -0.39 is 0 Å². The standard InChI is InChI=1S/C24H28N2O3/c1-29-20-12-8-11-19(15-20)23(27)26-16-21(18-9-4-2-5-10-18)22(17-26)24(28)25-13-6-3-7-14-25/h2,4-5,8-12,15,21-22H,3,6-7,13-14,16-17H2,1H3/t21-,22-/m1/s1. The number of rotatable bonds is 4. The summed E-state index contributed by atoms with van der Waals surface area (Å²) in [4.78, 5) is 30.4. The molecule has 0 radical (unpaired) electrons. The van der Waals surface area contributed by atoms with Crippen LogP contribution in [0.2, 0.25) is 0 Å². The predicted octanol–water partition coefficient (Wildman–Crippen LogP) is 3.56. The first-order valence-electron chi connectivity index (χ1n) is 10.4. The highest BCUT2D eigenvalue weighted by Gasteiger charge is 2.42. The minimum atomic E-state index is -0.190. The van der Waals surface area contributed by atoms with E-state index in [9.17, 15) is 9.59 Å². The molecule has 2 heterocycles. The van der Waals surface area contributed by atoms with Gasteiger partial charge in [0.1, 0.15) is 5.75 Å². The molecule has 0 aromatic heterocycles. The van der Waals surface area contributed by atoms with Crippen LogP contribution in [0.4, 0.5) is 0 Å². The number of hydrogen-bond donors (Lipinski definition) is 0. The zero-order valence-corrected chi connectivity index (χ0v) is 16.9. The minimum Gasteiger partial charge on any atom is -0.497 e. The molecule has 0 unspecified atom stereocenters. The maximum atomic E-state index is 13.4. The number of hydrogen-bond acceptors (Lipinski definition) is 3. The lowest BCUT2D eigenvalue weighted by atomic mass is 9.87. The first kappa shape index (κ1) is 19.5. The molecule has 2 atom stereocenters. The summed E-state index contributed by atoms with van der Waals surface area (Å²) in [5, 5.41) is 0. The van der Waals surface area contributed by atoms with Crippen LogP contribution < -0.4 is 4.74 Å². The van der Waals surface area contributed by atoms with Gasteiger partial charge in [-0.2, -0.15) is 0 Å². The van der Waals surface area contributed by atoms with E-state index in [1.807, 2.05) is 46.2 Å². The Morgan fingerprint density at radius 1 is 0.897 bits per heavy atom. The van der Waals surface area contributed by atoms with Crippen molar-refractivity contribution in [2.45, 2.75) is 25.2 Å². The zero-order chi connectivity index (χ0) is 20.2. The number of amides is 2. The third kappa shape index (κ3) is 4.14. The van der Waals surface area contributed by atoms with E-state index in [2.05, 4.69) is 12.1 Å². The molecular formula is C24H28N2O3. The van der Waals surface area contributed by atoms with Crippen LogP contribution in [-0.2, 0) is 4.79 Å². The van der Waals surface area contributed by atoms with E-state index in [-0.39, 0.29) is 23.7 Å². The maximum absolute atomic E-state index is 13.4. The number of carbonyl (C=O) groups excluding carboxylic acids is 2. The van der Waals surface area contributed by atoms with Gasteiger partial charge in [-0.3, -0.25) is 9.59 Å². The lowest BCUT2D eigenvalue weighted by molar-refractivity contribution is -0.136. The zero-order valence-electron chi connectivity index (χ0n) is 16.9. The van der Waals surface area contributed by atoms with Gasteiger partial charge in [0, 0.05) is 37.7 Å². The van der Waals surface area contributed by atoms with Crippen LogP contribution in [0.5, 0.6) is 5.75 Å². The van der Waals surface area contributed by atoms with Gasteiger partial charge in [-0.15, -0.1) is 0 Å². The van der Waals surface area contributed by atoms with Crippen molar-refractivity contribution >= 4 is 11.8 Å². The third-order valence-corrected chi connectivity index (χ3v) is 6.14. The lowest BCUT2D eigenvalue weighted by Crippen LogP contribution is -2.42. The molecule has 4 rings (SSSR count). The van der Waals surface area contributed by atoms with Crippen molar-refractivity contribution in [3.8, 4) is 5.75 Å². The number of likely N-dealkylation sites (tertiary alicyclic amines) is 2. The van der Waals surface area contributed by atoms with Crippen molar-refractivity contribution in [1.82, 2.24) is 9.80 Å². The summed E-state index contributed by atoms with van der Waals surface area (Å²) >= 11 is 0. The van der Waals surface area contributed by atoms with E-state index in [0.29, 0.717) is 24.4 Å². The predicted molar refractivity (Wildman–Crippen MR) is 112 cm³/mol. The Labute approximate surface area is 172 Å². The second kappa shape index (κ2) is 8.68. The maximum Gasteiger partial charge on any atom is 0.254 e. The fourth-order valence-corrected chi connectivity index (χ4v) is 4.55. The van der Waals surface area contributed by atoms with Crippen molar-refractivity contribution in [2.24, 2.45) is 5.92 Å². The van der Waals surface area contributed by atoms with Gasteiger partial charge in [0.2, 0.25) is 5.91 Å². The highest BCUT2D eigenvalue weighted by Crippen LogP contribution is 2.35. The molecule has 2 aliphatic rings. The molecular weight excluding hydrogens is 364 g/mol. The molecule has 5 heteroatoms. The van der Waals surface area contributed by atoms with E-state index in [0.717, 1.165) is 31.5 Å². The molecule has 0 bridgehead atoms. The summed E-state index contributed by atoms with van der Waals surface area (Å²) in [6.45, 7) is 2.69. The monoisotopic (exact) mass is 392 g/mol. The Balaban J connectivity index is 1.59. The average Bonchev–Trinajstić information content (AvgIpc) is 3.24. The largest absolute Gasteiger partial charge is 0.497 e. The number of benzene rings is 2. The van der Waals surface area contributed by atoms with Gasteiger partial charge in [0.15, 0.2) is 0 Å². The molecule has 29 heavy (non-hydrogen) atoms. The molecule has 0 saturated carbocycles. The summed E-state index contributed by atoms with van der Waals surface area (Å²) < 4.78 is 5.27. The molecule has 2 amide bonds. The molecule has 0 N–H and O–H groups in total. The summed E-state index contributed by atoms with van der Waals surface area (Å²) in [5.41, 5.74) is 1.73. The van der Waals surface area contributed by atoms with Gasteiger partial charge in [0.25, 0.3) is 5.91 Å². The topological polar surface area (TPSA) is 49.9 Å². The van der Waals surface area contributed by atoms with E-state index in [4.69, 9.17) is 4.74 Å². The van der Waals surface area contributed by atoms with Crippen molar-refractivity contribution in [1.29, 1.82) is 0 Å². The SMILES string of the molecule is COc1cccc(C(=O)N2C[C@H](c3ccccc3)[C@H](C(=O)N3CCCCC3)C2)c1. The van der Waals surface area contributed by atoms with E-state index >= 15 is 0 Å². The smallest absolute Gasteiger partial charge is 0.254 e. The van der Waals surface area contributed by atoms with Crippen LogP contribution >= 0.6 is 0 Å². The summed E-state index contributed by atoms with van der Waals surface area (Å²) in [6.07, 6.45) is 3.33. The van der Waals surface area contributed by atoms with Crippen molar-refractivity contribution in [3.05, 3.63) is 65.7 Å². The van der Waals surface area contributed by atoms with Gasteiger partial charge >= 0.3 is 0 Å². The molecule has 2 aliphatic heterocycles. The summed E-state index contributed by atoms with van der Waals surface area (Å²) in [7, 11) is 1.60. The molecule has 5 nitrogen and oxygen atoms in total. The first-order chi connectivity index (χ1) is 14.2. The Bertz CT molecular complexity index is 861. The van der Waals surface area contributed by atoms with Gasteiger partial charge in [-0.25, -0.2) is 0 Å². The summed E-state index contributed by atoms with van der Waals surface area (Å²) in [5.74, 6) is 0.652. The van der Waals surface area contributed by atoms with Gasteiger partial charge in [-0.05, 0) is 43.0 Å². The van der Waals surface area contributed by atoms with Crippen LogP contribution in [0.3, 0.4) is 0 Å². The average molecular weight is 392 g/mol. The minimum absolute atomic E-state index is 0.0279. The normalized spacial score (nSPS) is 21.8. The molecule has 2 saturated heterocycles. The molecule has 2 aromatic carbocycles. The summed E-state index contributed by atoms with van der Waals surface area (Å²) in [6, 6.07) is 17.4. The highest BCUT2D eigenvalue weighted by atomic mass is 16.5. The van der Waals surface area contributed by atoms with Gasteiger partial charge < -0.3 is 14.5 Å². The second-order valence-electron chi connectivity index (χ2n) is 7.95. The van der Waals surface area contributed by atoms with Crippen molar-refractivity contribution in [3.63, 3.8) is 0 Å². The van der Waals surface area contributed by atoms with E-state index in [1.54, 1.807) is 13.2 Å². The number of piperidine rings is 1. The number of carbonyl (C=O) groups is 2. The van der Waals surface area contributed by atoms with Crippen LogP contribution in [0.15, 0.2) is 54.6 Å². The molecule has 0 spiro atoms. The Morgan fingerprint density at radius 2 is 1.66 bits per heavy atom. The molecule has 0 aliphatic carbocycles. The van der Waals surface area contributed by atoms with Crippen molar-refractivity contribution in [2.75, 3.05) is 33.3 Å². The van der Waals surface area contributed by atoms with Gasteiger partial charge in [0.05, 0.1) is 13.0 Å². The molecule has 2 aromatic rings. The number of nitrogens with zero attached hydrogens (tertiary/aromatic N) is 2. The Hall–Kier alpha value is -2.82. The third-order valence-electron chi connectivity index (χ3n) is 6.14. The fourth-order valence-electron chi connectivity index (χ4n) is 4.55. The van der Waals surface area contributed by atoms with Crippen LogP contribution in [0.25, 0.3) is 0 Å². The highest BCUT2D eigenvalue weighted by molar-refractivity contribution is 5.95. The fraction of sp³-hybridized carbons (Fsp3) is 0.417. The number of ether oxygens (including phenoxy) is 1.